The highest BCUT2D eigenvalue weighted by molar-refractivity contribution is 7.26. The van der Waals surface area contributed by atoms with Gasteiger partial charge in [0.1, 0.15) is 0 Å². The lowest BCUT2D eigenvalue weighted by Gasteiger charge is -2.42. The zero-order valence-corrected chi connectivity index (χ0v) is 36.1. The molecule has 0 fully saturated rings. The highest BCUT2D eigenvalue weighted by Gasteiger charge is 2.38. The summed E-state index contributed by atoms with van der Waals surface area (Å²) in [6.07, 6.45) is 2.33. The van der Waals surface area contributed by atoms with Gasteiger partial charge in [0.15, 0.2) is 17.5 Å². The Morgan fingerprint density at radius 3 is 1.84 bits per heavy atom. The van der Waals surface area contributed by atoms with E-state index in [9.17, 15) is 0 Å². The Bertz CT molecular complexity index is 3590. The van der Waals surface area contributed by atoms with Gasteiger partial charge in [-0.25, -0.2) is 15.0 Å². The molecule has 0 N–H and O–H groups in total. The van der Waals surface area contributed by atoms with Crippen LogP contribution in [-0.4, -0.2) is 19.5 Å². The van der Waals surface area contributed by atoms with E-state index in [1.54, 1.807) is 0 Å². The van der Waals surface area contributed by atoms with E-state index >= 15 is 0 Å². The number of hydrogen-bond acceptors (Lipinski definition) is 4. The first-order chi connectivity index (χ1) is 30.2. The maximum Gasteiger partial charge on any atom is 0.164 e. The van der Waals surface area contributed by atoms with Crippen molar-refractivity contribution in [3.05, 3.63) is 181 Å². The first kappa shape index (κ1) is 36.9. The molecule has 8 aromatic carbocycles. The molecule has 0 radical (unpaired) electrons. The van der Waals surface area contributed by atoms with Crippen molar-refractivity contribution in [2.75, 3.05) is 0 Å². The van der Waals surface area contributed by atoms with Crippen LogP contribution in [0, 0.1) is 0 Å². The molecule has 1 aliphatic carbocycles. The molecule has 0 saturated carbocycles. The minimum Gasteiger partial charge on any atom is -0.309 e. The molecule has 0 bridgehead atoms. The van der Waals surface area contributed by atoms with E-state index in [1.807, 2.05) is 29.5 Å². The fraction of sp³-hybridized carbons (Fsp3) is 0.140. The van der Waals surface area contributed by atoms with Crippen molar-refractivity contribution in [1.82, 2.24) is 19.5 Å². The summed E-state index contributed by atoms with van der Waals surface area (Å²) in [6.45, 7) is 9.67. The summed E-state index contributed by atoms with van der Waals surface area (Å²) in [5, 5.41) is 7.70. The van der Waals surface area contributed by atoms with Crippen LogP contribution in [-0.2, 0) is 10.8 Å². The van der Waals surface area contributed by atoms with Gasteiger partial charge < -0.3 is 4.57 Å². The molecule has 11 aromatic rings. The van der Waals surface area contributed by atoms with Crippen LogP contribution < -0.4 is 0 Å². The second-order valence-electron chi connectivity index (χ2n) is 18.3. The lowest BCUT2D eigenvalue weighted by Crippen LogP contribution is -2.33. The van der Waals surface area contributed by atoms with Crippen molar-refractivity contribution in [1.29, 1.82) is 0 Å². The van der Waals surface area contributed by atoms with Gasteiger partial charge in [0, 0.05) is 53.3 Å². The highest BCUT2D eigenvalue weighted by Crippen LogP contribution is 2.49. The molecule has 3 aromatic heterocycles. The molecular weight excluding hydrogens is 773 g/mol. The predicted molar refractivity (Wildman–Crippen MR) is 262 cm³/mol. The van der Waals surface area contributed by atoms with Crippen molar-refractivity contribution in [2.45, 2.75) is 51.4 Å². The Morgan fingerprint density at radius 1 is 0.452 bits per heavy atom. The molecule has 0 aliphatic heterocycles. The van der Waals surface area contributed by atoms with Gasteiger partial charge in [-0.3, -0.25) is 0 Å². The number of thiophene rings is 1. The number of benzene rings is 8. The molecule has 0 saturated heterocycles. The van der Waals surface area contributed by atoms with Gasteiger partial charge >= 0.3 is 0 Å². The topological polar surface area (TPSA) is 43.6 Å². The van der Waals surface area contributed by atoms with Gasteiger partial charge in [0.2, 0.25) is 0 Å². The smallest absolute Gasteiger partial charge is 0.164 e. The molecule has 12 rings (SSSR count). The monoisotopic (exact) mass is 816 g/mol. The third kappa shape index (κ3) is 5.83. The molecule has 1 aliphatic rings. The molecule has 3 heterocycles. The van der Waals surface area contributed by atoms with Crippen molar-refractivity contribution >= 4 is 64.1 Å². The quantitative estimate of drug-likeness (QED) is 0.174. The zero-order chi connectivity index (χ0) is 41.7. The molecule has 62 heavy (non-hydrogen) atoms. The van der Waals surface area contributed by atoms with Crippen LogP contribution >= 0.6 is 11.3 Å². The molecule has 298 valence electrons. The van der Waals surface area contributed by atoms with Crippen molar-refractivity contribution in [2.24, 2.45) is 0 Å². The molecule has 5 heteroatoms. The second-order valence-corrected chi connectivity index (χ2v) is 19.3. The molecule has 0 atom stereocenters. The first-order valence-corrected chi connectivity index (χ1v) is 22.5. The molecule has 0 unspecified atom stereocenters. The Kier molecular flexibility index (Phi) is 8.20. The predicted octanol–water partition coefficient (Wildman–Crippen LogP) is 15.5. The summed E-state index contributed by atoms with van der Waals surface area (Å²) < 4.78 is 5.05. The van der Waals surface area contributed by atoms with E-state index in [1.165, 1.54) is 75.9 Å². The standard InChI is InChI=1S/C57H44N4S/c1-56(2)29-30-57(3,4)47-34-49-45(33-46(47)56)51-41-22-9-8-15-35(41)27-28-48(51)61(49)40-21-13-20-39(32-40)55-59-53(36-16-6-5-7-17-36)58-54(60-55)38-19-12-18-37(31-38)42-24-14-25-44-43-23-10-11-26-50(43)62-52(42)44/h5-28,31-34H,29-30H2,1-4H3. The van der Waals surface area contributed by atoms with Gasteiger partial charge in [0.25, 0.3) is 0 Å². The van der Waals surface area contributed by atoms with Crippen LogP contribution in [0.1, 0.15) is 51.7 Å². The minimum atomic E-state index is 0.0705. The largest absolute Gasteiger partial charge is 0.309 e. The number of aromatic nitrogens is 4. The van der Waals surface area contributed by atoms with Gasteiger partial charge in [-0.1, -0.05) is 155 Å². The van der Waals surface area contributed by atoms with Gasteiger partial charge in [-0.05, 0) is 99.2 Å². The lowest BCUT2D eigenvalue weighted by atomic mass is 9.63. The Labute approximate surface area is 365 Å². The van der Waals surface area contributed by atoms with E-state index in [-0.39, 0.29) is 10.8 Å². The molecular formula is C57H44N4S. The summed E-state index contributed by atoms with van der Waals surface area (Å²) >= 11 is 1.85. The fourth-order valence-corrected chi connectivity index (χ4v) is 11.3. The zero-order valence-electron chi connectivity index (χ0n) is 35.3. The van der Waals surface area contributed by atoms with Crippen molar-refractivity contribution in [3.8, 4) is 51.0 Å². The van der Waals surface area contributed by atoms with Gasteiger partial charge in [-0.15, -0.1) is 11.3 Å². The number of nitrogens with zero attached hydrogens (tertiary/aromatic N) is 4. The highest BCUT2D eigenvalue weighted by atomic mass is 32.1. The average molecular weight is 817 g/mol. The number of hydrogen-bond donors (Lipinski definition) is 0. The van der Waals surface area contributed by atoms with Crippen LogP contribution in [0.5, 0.6) is 0 Å². The summed E-state index contributed by atoms with van der Waals surface area (Å²) in [7, 11) is 0. The van der Waals surface area contributed by atoms with E-state index in [0.29, 0.717) is 17.5 Å². The van der Waals surface area contributed by atoms with Crippen LogP contribution in [0.3, 0.4) is 0 Å². The number of fused-ring (bicyclic) bond motifs is 9. The lowest BCUT2D eigenvalue weighted by molar-refractivity contribution is 0.332. The van der Waals surface area contributed by atoms with Crippen LogP contribution in [0.2, 0.25) is 0 Å². The van der Waals surface area contributed by atoms with Gasteiger partial charge in [0.05, 0.1) is 11.0 Å². The van der Waals surface area contributed by atoms with E-state index in [2.05, 4.69) is 184 Å². The number of rotatable bonds is 5. The normalized spacial score (nSPS) is 14.6. The maximum atomic E-state index is 5.28. The Balaban J connectivity index is 1.05. The average Bonchev–Trinajstić information content (AvgIpc) is 3.86. The molecule has 0 spiro atoms. The van der Waals surface area contributed by atoms with Crippen molar-refractivity contribution < 1.29 is 0 Å². The van der Waals surface area contributed by atoms with E-state index in [4.69, 9.17) is 15.0 Å². The second kappa shape index (κ2) is 13.8. The third-order valence-electron chi connectivity index (χ3n) is 13.5. The Hall–Kier alpha value is -6.95. The maximum absolute atomic E-state index is 5.28. The summed E-state index contributed by atoms with van der Waals surface area (Å²) in [5.41, 5.74) is 11.8. The molecule has 0 amide bonds. The summed E-state index contributed by atoms with van der Waals surface area (Å²) in [4.78, 5) is 15.6. The van der Waals surface area contributed by atoms with Gasteiger partial charge in [-0.2, -0.15) is 0 Å². The first-order valence-electron chi connectivity index (χ1n) is 21.6. The summed E-state index contributed by atoms with van der Waals surface area (Å²) in [5.74, 6) is 1.93. The van der Waals surface area contributed by atoms with Crippen molar-refractivity contribution in [3.63, 3.8) is 0 Å². The minimum absolute atomic E-state index is 0.0705. The third-order valence-corrected chi connectivity index (χ3v) is 14.7. The Morgan fingerprint density at radius 2 is 1.05 bits per heavy atom. The van der Waals surface area contributed by atoms with Crippen LogP contribution in [0.4, 0.5) is 0 Å². The fourth-order valence-electron chi connectivity index (χ4n) is 10.1. The molecule has 4 nitrogen and oxygen atoms in total. The SMILES string of the molecule is CC1(C)CCC(C)(C)c2cc3c(cc21)c1c2ccccc2ccc1n3-c1cccc(-c2nc(-c3ccccc3)nc(-c3cccc(-c4cccc5c4sc4ccccc45)c3)n2)c1. The van der Waals surface area contributed by atoms with E-state index in [0.717, 1.165) is 34.4 Å². The van der Waals surface area contributed by atoms with E-state index < -0.39 is 0 Å². The van der Waals surface area contributed by atoms with Crippen LogP contribution in [0.25, 0.3) is 104 Å². The summed E-state index contributed by atoms with van der Waals surface area (Å²) in [6, 6.07) is 61.4. The van der Waals surface area contributed by atoms with Crippen LogP contribution in [0.15, 0.2) is 170 Å².